The van der Waals surface area contributed by atoms with E-state index in [4.69, 9.17) is 28.9 Å². The Labute approximate surface area is 126 Å². The number of aliphatic hydroxyl groups is 1. The number of nitrogens with two attached hydrogens (primary N) is 1. The molecule has 0 heterocycles. The molecule has 0 aromatic heterocycles. The van der Waals surface area contributed by atoms with Crippen LogP contribution in [-0.4, -0.2) is 11.2 Å². The summed E-state index contributed by atoms with van der Waals surface area (Å²) >= 11 is 11.8. The summed E-state index contributed by atoms with van der Waals surface area (Å²) in [7, 11) is 0. The lowest BCUT2D eigenvalue weighted by molar-refractivity contribution is 0.143. The van der Waals surface area contributed by atoms with Gasteiger partial charge in [0.25, 0.3) is 0 Å². The fourth-order valence-corrected chi connectivity index (χ4v) is 2.47. The molecule has 2 rings (SSSR count). The predicted octanol–water partition coefficient (Wildman–Crippen LogP) is 3.74. The molecule has 0 aliphatic rings. The lowest BCUT2D eigenvalue weighted by Gasteiger charge is -2.21. The summed E-state index contributed by atoms with van der Waals surface area (Å²) in [6.45, 7) is 0. The van der Waals surface area contributed by atoms with Gasteiger partial charge in [0.15, 0.2) is 0 Å². The Morgan fingerprint density at radius 1 is 1.10 bits per heavy atom. The van der Waals surface area contributed by atoms with E-state index in [1.165, 1.54) is 12.1 Å². The summed E-state index contributed by atoms with van der Waals surface area (Å²) in [5, 5.41) is 10.4. The number of rotatable bonds is 4. The Kier molecular flexibility index (Phi) is 5.00. The van der Waals surface area contributed by atoms with Crippen LogP contribution in [0.5, 0.6) is 0 Å². The first-order valence-corrected chi connectivity index (χ1v) is 6.87. The van der Waals surface area contributed by atoms with Crippen LogP contribution >= 0.6 is 23.2 Å². The monoisotopic (exact) mass is 313 g/mol. The first-order chi connectivity index (χ1) is 9.50. The van der Waals surface area contributed by atoms with Gasteiger partial charge in [-0.05, 0) is 17.7 Å². The Bertz CT molecular complexity index is 592. The topological polar surface area (TPSA) is 46.2 Å². The van der Waals surface area contributed by atoms with Gasteiger partial charge >= 0.3 is 0 Å². The minimum atomic E-state index is -0.956. The van der Waals surface area contributed by atoms with Crippen LogP contribution in [0.3, 0.4) is 0 Å². The van der Waals surface area contributed by atoms with Gasteiger partial charge in [-0.25, -0.2) is 4.39 Å². The molecule has 0 radical (unpaired) electrons. The van der Waals surface area contributed by atoms with Gasteiger partial charge in [0.05, 0.1) is 22.2 Å². The molecule has 3 N–H and O–H groups in total. The third kappa shape index (κ3) is 3.30. The third-order valence-electron chi connectivity index (χ3n) is 3.11. The number of benzene rings is 2. The van der Waals surface area contributed by atoms with E-state index in [2.05, 4.69) is 0 Å². The molecule has 2 aromatic carbocycles. The van der Waals surface area contributed by atoms with E-state index >= 15 is 0 Å². The highest BCUT2D eigenvalue weighted by molar-refractivity contribution is 6.42. The first-order valence-electron chi connectivity index (χ1n) is 6.11. The van der Waals surface area contributed by atoms with Crippen LogP contribution in [0.2, 0.25) is 10.0 Å². The van der Waals surface area contributed by atoms with Gasteiger partial charge in [-0.1, -0.05) is 53.5 Å². The van der Waals surface area contributed by atoms with Crippen LogP contribution in [-0.2, 0) is 6.42 Å². The fourth-order valence-electron chi connectivity index (χ4n) is 2.02. The summed E-state index contributed by atoms with van der Waals surface area (Å²) < 4.78 is 13.8. The van der Waals surface area contributed by atoms with Crippen molar-refractivity contribution in [2.45, 2.75) is 18.6 Å². The Morgan fingerprint density at radius 2 is 1.75 bits per heavy atom. The quantitative estimate of drug-likeness (QED) is 0.845. The molecule has 0 aliphatic carbocycles. The third-order valence-corrected chi connectivity index (χ3v) is 3.93. The van der Waals surface area contributed by atoms with E-state index in [0.29, 0.717) is 6.42 Å². The van der Waals surface area contributed by atoms with Crippen molar-refractivity contribution in [2.75, 3.05) is 0 Å². The zero-order valence-electron chi connectivity index (χ0n) is 10.6. The van der Waals surface area contributed by atoms with Gasteiger partial charge in [0, 0.05) is 12.0 Å². The fraction of sp³-hybridized carbons (Fsp3) is 0.200. The summed E-state index contributed by atoms with van der Waals surface area (Å²) in [5.41, 5.74) is 6.88. The highest BCUT2D eigenvalue weighted by Gasteiger charge is 2.24. The van der Waals surface area contributed by atoms with Crippen LogP contribution in [0.1, 0.15) is 17.2 Å². The van der Waals surface area contributed by atoms with Crippen molar-refractivity contribution in [3.63, 3.8) is 0 Å². The minimum Gasteiger partial charge on any atom is -0.391 e. The zero-order valence-corrected chi connectivity index (χ0v) is 12.1. The molecular formula is C15H14Cl2FNO. The van der Waals surface area contributed by atoms with Gasteiger partial charge in [-0.3, -0.25) is 0 Å². The average Bonchev–Trinajstić information content (AvgIpc) is 2.44. The Balaban J connectivity index is 2.23. The van der Waals surface area contributed by atoms with Crippen molar-refractivity contribution in [1.29, 1.82) is 0 Å². The lowest BCUT2D eigenvalue weighted by atomic mass is 9.96. The number of halogens is 3. The van der Waals surface area contributed by atoms with Crippen molar-refractivity contribution >= 4 is 23.2 Å². The van der Waals surface area contributed by atoms with Crippen molar-refractivity contribution < 1.29 is 9.50 Å². The van der Waals surface area contributed by atoms with Crippen molar-refractivity contribution in [3.05, 3.63) is 69.5 Å². The molecule has 20 heavy (non-hydrogen) atoms. The van der Waals surface area contributed by atoms with Gasteiger partial charge < -0.3 is 10.8 Å². The highest BCUT2D eigenvalue weighted by Crippen LogP contribution is 2.33. The van der Waals surface area contributed by atoms with E-state index in [1.54, 1.807) is 0 Å². The Morgan fingerprint density at radius 3 is 2.40 bits per heavy atom. The van der Waals surface area contributed by atoms with Crippen molar-refractivity contribution in [3.8, 4) is 0 Å². The van der Waals surface area contributed by atoms with Crippen LogP contribution in [0.15, 0.2) is 42.5 Å². The van der Waals surface area contributed by atoms with E-state index in [9.17, 15) is 9.50 Å². The zero-order chi connectivity index (χ0) is 14.7. The molecular weight excluding hydrogens is 300 g/mol. The lowest BCUT2D eigenvalue weighted by Crippen LogP contribution is -2.29. The smallest absolute Gasteiger partial charge is 0.129 e. The van der Waals surface area contributed by atoms with Crippen LogP contribution in [0.4, 0.5) is 4.39 Å². The van der Waals surface area contributed by atoms with E-state index in [-0.39, 0.29) is 15.6 Å². The minimum absolute atomic E-state index is 0.0441. The molecule has 0 unspecified atom stereocenters. The van der Waals surface area contributed by atoms with Crippen LogP contribution in [0.25, 0.3) is 0 Å². The first kappa shape index (κ1) is 15.3. The van der Waals surface area contributed by atoms with Gasteiger partial charge in [-0.15, -0.1) is 0 Å². The maximum atomic E-state index is 13.8. The second kappa shape index (κ2) is 6.55. The molecule has 0 spiro atoms. The van der Waals surface area contributed by atoms with Gasteiger partial charge in [0.1, 0.15) is 5.82 Å². The molecule has 2 nitrogen and oxygen atoms in total. The molecule has 0 fully saturated rings. The largest absolute Gasteiger partial charge is 0.391 e. The van der Waals surface area contributed by atoms with Gasteiger partial charge in [-0.2, -0.15) is 0 Å². The number of hydrogen-bond donors (Lipinski definition) is 2. The molecule has 106 valence electrons. The summed E-state index contributed by atoms with van der Waals surface area (Å²) in [6.07, 6.45) is -0.646. The SMILES string of the molecule is N[C@H](c1c(F)ccc(Cl)c1Cl)[C@@H](O)Cc1ccccc1. The summed E-state index contributed by atoms with van der Waals surface area (Å²) in [5.74, 6) is -0.570. The van der Waals surface area contributed by atoms with E-state index in [1.807, 2.05) is 30.3 Å². The van der Waals surface area contributed by atoms with Crippen molar-refractivity contribution in [1.82, 2.24) is 0 Å². The molecule has 0 saturated heterocycles. The predicted molar refractivity (Wildman–Crippen MR) is 79.5 cm³/mol. The molecule has 0 bridgehead atoms. The summed E-state index contributed by atoms with van der Waals surface area (Å²) in [4.78, 5) is 0. The van der Waals surface area contributed by atoms with Crippen molar-refractivity contribution in [2.24, 2.45) is 5.73 Å². The second-order valence-electron chi connectivity index (χ2n) is 4.54. The molecule has 0 amide bonds. The average molecular weight is 314 g/mol. The van der Waals surface area contributed by atoms with E-state index < -0.39 is 18.0 Å². The molecule has 2 atom stereocenters. The standard InChI is InChI=1S/C15H14Cl2FNO/c16-10-6-7-11(18)13(14(10)17)15(19)12(20)8-9-4-2-1-3-5-9/h1-7,12,15,20H,8,19H2/t12-,15-/m0/s1. The normalized spacial score (nSPS) is 14.1. The van der Waals surface area contributed by atoms with Gasteiger partial charge in [0.2, 0.25) is 0 Å². The number of hydrogen-bond acceptors (Lipinski definition) is 2. The maximum absolute atomic E-state index is 13.8. The highest BCUT2D eigenvalue weighted by atomic mass is 35.5. The molecule has 0 saturated carbocycles. The Hall–Kier alpha value is -1.13. The summed E-state index contributed by atoms with van der Waals surface area (Å²) in [6, 6.07) is 10.9. The molecule has 0 aliphatic heterocycles. The van der Waals surface area contributed by atoms with Crippen LogP contribution in [0, 0.1) is 5.82 Å². The molecule has 2 aromatic rings. The second-order valence-corrected chi connectivity index (χ2v) is 5.32. The molecule has 5 heteroatoms. The van der Waals surface area contributed by atoms with E-state index in [0.717, 1.165) is 5.56 Å². The van der Waals surface area contributed by atoms with Crippen LogP contribution < -0.4 is 5.73 Å². The number of aliphatic hydroxyl groups excluding tert-OH is 1. The maximum Gasteiger partial charge on any atom is 0.129 e.